The van der Waals surface area contributed by atoms with E-state index in [1.165, 1.54) is 6.33 Å². The quantitative estimate of drug-likeness (QED) is 0.785. The fraction of sp³-hybridized carbons (Fsp3) is 0.188. The topological polar surface area (TPSA) is 58.1 Å². The number of carbonyl (C=O) groups excluding carboxylic acids is 1. The first kappa shape index (κ1) is 15.7. The van der Waals surface area contributed by atoms with Crippen molar-refractivity contribution in [3.8, 4) is 11.1 Å². The van der Waals surface area contributed by atoms with Gasteiger partial charge in [-0.1, -0.05) is 23.7 Å². The number of hydrogen-bond donors (Lipinski definition) is 1. The number of hydrogen-bond acceptors (Lipinski definition) is 5. The number of amides is 1. The van der Waals surface area contributed by atoms with E-state index >= 15 is 0 Å². The van der Waals surface area contributed by atoms with Gasteiger partial charge in [-0.05, 0) is 17.7 Å². The van der Waals surface area contributed by atoms with Crippen LogP contribution in [0, 0.1) is 0 Å². The first-order valence-electron chi connectivity index (χ1n) is 6.98. The second kappa shape index (κ2) is 6.52. The molecule has 3 rings (SSSR count). The zero-order chi connectivity index (χ0) is 16.4. The Hall–Kier alpha value is -2.18. The molecule has 0 fully saturated rings. The largest absolute Gasteiger partial charge is 0.360 e. The number of nitrogens with zero attached hydrogens (tertiary/aromatic N) is 3. The zero-order valence-electron chi connectivity index (χ0n) is 12.7. The standard InChI is InChI=1S/C16H15ClN4OS/c1-21(2)13(22)7-18-15-14-12(8-23-16(14)20-9-19-15)10-3-5-11(17)6-4-10/h3-6,8-9H,7H2,1-2H3,(H,18,19,20). The normalized spacial score (nSPS) is 10.7. The molecule has 2 aromatic heterocycles. The molecule has 2 heterocycles. The van der Waals surface area contributed by atoms with E-state index < -0.39 is 0 Å². The van der Waals surface area contributed by atoms with Gasteiger partial charge in [0.2, 0.25) is 5.91 Å². The zero-order valence-corrected chi connectivity index (χ0v) is 14.3. The van der Waals surface area contributed by atoms with Crippen LogP contribution in [0.5, 0.6) is 0 Å². The van der Waals surface area contributed by atoms with Crippen molar-refractivity contribution in [1.82, 2.24) is 14.9 Å². The molecule has 1 aromatic carbocycles. The van der Waals surface area contributed by atoms with Crippen LogP contribution >= 0.6 is 22.9 Å². The third kappa shape index (κ3) is 3.28. The van der Waals surface area contributed by atoms with Gasteiger partial charge in [0.25, 0.3) is 0 Å². The highest BCUT2D eigenvalue weighted by Gasteiger charge is 2.14. The van der Waals surface area contributed by atoms with E-state index in [1.54, 1.807) is 30.3 Å². The Labute approximate surface area is 142 Å². The van der Waals surface area contributed by atoms with Crippen LogP contribution in [0.3, 0.4) is 0 Å². The molecule has 1 N–H and O–H groups in total. The first-order valence-corrected chi connectivity index (χ1v) is 8.24. The number of benzene rings is 1. The number of thiophene rings is 1. The second-order valence-electron chi connectivity index (χ2n) is 5.20. The Morgan fingerprint density at radius 2 is 2.00 bits per heavy atom. The summed E-state index contributed by atoms with van der Waals surface area (Å²) < 4.78 is 0. The van der Waals surface area contributed by atoms with Crippen LogP contribution in [0.25, 0.3) is 21.3 Å². The molecule has 23 heavy (non-hydrogen) atoms. The van der Waals surface area contributed by atoms with Crippen LogP contribution in [0.15, 0.2) is 36.0 Å². The number of nitrogens with one attached hydrogen (secondary N) is 1. The molecule has 0 saturated heterocycles. The predicted molar refractivity (Wildman–Crippen MR) is 95.0 cm³/mol. The van der Waals surface area contributed by atoms with Crippen LogP contribution in [0.4, 0.5) is 5.82 Å². The van der Waals surface area contributed by atoms with Crippen molar-refractivity contribution in [2.45, 2.75) is 0 Å². The van der Waals surface area contributed by atoms with Gasteiger partial charge in [-0.15, -0.1) is 11.3 Å². The molecule has 118 valence electrons. The van der Waals surface area contributed by atoms with Crippen molar-refractivity contribution >= 4 is 44.9 Å². The Bertz CT molecular complexity index is 845. The molecule has 0 spiro atoms. The molecule has 0 bridgehead atoms. The number of aromatic nitrogens is 2. The van der Waals surface area contributed by atoms with Crippen LogP contribution in [0.1, 0.15) is 0 Å². The van der Waals surface area contributed by atoms with Crippen LogP contribution in [-0.4, -0.2) is 41.4 Å². The van der Waals surface area contributed by atoms with Crippen molar-refractivity contribution in [1.29, 1.82) is 0 Å². The van der Waals surface area contributed by atoms with Gasteiger partial charge < -0.3 is 10.2 Å². The minimum Gasteiger partial charge on any atom is -0.360 e. The number of halogens is 1. The summed E-state index contributed by atoms with van der Waals surface area (Å²) in [5, 5.41) is 6.77. The van der Waals surface area contributed by atoms with Crippen molar-refractivity contribution in [3.05, 3.63) is 41.0 Å². The van der Waals surface area contributed by atoms with Gasteiger partial charge in [0, 0.05) is 30.1 Å². The second-order valence-corrected chi connectivity index (χ2v) is 6.49. The summed E-state index contributed by atoms with van der Waals surface area (Å²) in [5.74, 6) is 0.649. The SMILES string of the molecule is CN(C)C(=O)CNc1ncnc2scc(-c3ccc(Cl)cc3)c12. The Morgan fingerprint density at radius 1 is 1.26 bits per heavy atom. The summed E-state index contributed by atoms with van der Waals surface area (Å²) in [6.07, 6.45) is 1.51. The van der Waals surface area contributed by atoms with Gasteiger partial charge in [-0.25, -0.2) is 9.97 Å². The van der Waals surface area contributed by atoms with Crippen LogP contribution in [0.2, 0.25) is 5.02 Å². The fourth-order valence-corrected chi connectivity index (χ4v) is 3.21. The van der Waals surface area contributed by atoms with Gasteiger partial charge in [0.05, 0.1) is 11.9 Å². The molecule has 7 heteroatoms. The first-order chi connectivity index (χ1) is 11.1. The number of carbonyl (C=O) groups is 1. The van der Waals surface area contributed by atoms with Gasteiger partial charge >= 0.3 is 0 Å². The van der Waals surface area contributed by atoms with E-state index in [1.807, 2.05) is 29.6 Å². The average Bonchev–Trinajstić information content (AvgIpc) is 2.98. The van der Waals surface area contributed by atoms with Crippen LogP contribution < -0.4 is 5.32 Å². The summed E-state index contributed by atoms with van der Waals surface area (Å²) >= 11 is 7.51. The molecule has 0 unspecified atom stereocenters. The van der Waals surface area contributed by atoms with E-state index in [-0.39, 0.29) is 12.5 Å². The Kier molecular flexibility index (Phi) is 4.45. The Morgan fingerprint density at radius 3 is 2.70 bits per heavy atom. The monoisotopic (exact) mass is 346 g/mol. The van der Waals surface area contributed by atoms with Crippen molar-refractivity contribution in [3.63, 3.8) is 0 Å². The van der Waals surface area contributed by atoms with Crippen molar-refractivity contribution in [2.75, 3.05) is 26.0 Å². The maximum absolute atomic E-state index is 11.8. The smallest absolute Gasteiger partial charge is 0.241 e. The summed E-state index contributed by atoms with van der Waals surface area (Å²) in [6, 6.07) is 7.64. The van der Waals surface area contributed by atoms with Crippen LogP contribution in [-0.2, 0) is 4.79 Å². The van der Waals surface area contributed by atoms with E-state index in [4.69, 9.17) is 11.6 Å². The summed E-state index contributed by atoms with van der Waals surface area (Å²) in [4.78, 5) is 22.8. The molecule has 0 atom stereocenters. The number of likely N-dealkylation sites (N-methyl/N-ethyl adjacent to an activating group) is 1. The molecule has 1 amide bonds. The van der Waals surface area contributed by atoms with Gasteiger partial charge in [0.1, 0.15) is 17.0 Å². The van der Waals surface area contributed by atoms with Crippen molar-refractivity contribution < 1.29 is 4.79 Å². The molecular weight excluding hydrogens is 332 g/mol. The molecule has 0 aliphatic carbocycles. The van der Waals surface area contributed by atoms with E-state index in [9.17, 15) is 4.79 Å². The lowest BCUT2D eigenvalue weighted by Gasteiger charge is -2.12. The fourth-order valence-electron chi connectivity index (χ4n) is 2.17. The highest BCUT2D eigenvalue weighted by molar-refractivity contribution is 7.17. The lowest BCUT2D eigenvalue weighted by molar-refractivity contribution is -0.126. The van der Waals surface area contributed by atoms with Gasteiger partial charge in [-0.3, -0.25) is 4.79 Å². The van der Waals surface area contributed by atoms with Gasteiger partial charge in [-0.2, -0.15) is 0 Å². The molecule has 3 aromatic rings. The molecule has 0 aliphatic heterocycles. The Balaban J connectivity index is 2.00. The highest BCUT2D eigenvalue weighted by Crippen LogP contribution is 2.36. The number of fused-ring (bicyclic) bond motifs is 1. The minimum absolute atomic E-state index is 0.0139. The lowest BCUT2D eigenvalue weighted by atomic mass is 10.1. The molecule has 0 saturated carbocycles. The minimum atomic E-state index is -0.0139. The van der Waals surface area contributed by atoms with Gasteiger partial charge in [0.15, 0.2) is 0 Å². The molecule has 0 aliphatic rings. The molecule has 0 radical (unpaired) electrons. The van der Waals surface area contributed by atoms with E-state index in [0.717, 1.165) is 21.3 Å². The third-order valence-corrected chi connectivity index (χ3v) is 4.57. The van der Waals surface area contributed by atoms with E-state index in [0.29, 0.717) is 10.8 Å². The highest BCUT2D eigenvalue weighted by atomic mass is 35.5. The number of rotatable bonds is 4. The van der Waals surface area contributed by atoms with E-state index in [2.05, 4.69) is 15.3 Å². The maximum atomic E-state index is 11.8. The number of anilines is 1. The third-order valence-electron chi connectivity index (χ3n) is 3.43. The average molecular weight is 347 g/mol. The molecular formula is C16H15ClN4OS. The molecule has 5 nitrogen and oxygen atoms in total. The predicted octanol–water partition coefficient (Wildman–Crippen LogP) is 3.51. The summed E-state index contributed by atoms with van der Waals surface area (Å²) in [5.41, 5.74) is 2.07. The maximum Gasteiger partial charge on any atom is 0.241 e. The summed E-state index contributed by atoms with van der Waals surface area (Å²) in [7, 11) is 3.45. The lowest BCUT2D eigenvalue weighted by Crippen LogP contribution is -2.28. The van der Waals surface area contributed by atoms with Crippen molar-refractivity contribution in [2.24, 2.45) is 0 Å². The summed E-state index contributed by atoms with van der Waals surface area (Å²) in [6.45, 7) is 0.190.